The predicted molar refractivity (Wildman–Crippen MR) is 157 cm³/mol. The molecule has 2 saturated heterocycles. The molecule has 0 aliphatic carbocycles. The van der Waals surface area contributed by atoms with Crippen LogP contribution < -0.4 is 19.2 Å². The van der Waals surface area contributed by atoms with Crippen LogP contribution in [0, 0.1) is 12.8 Å². The standard InChI is InChI=1S/C30H31N3O6S2/c1-17-7-10-19(11-8-17)33-27(35)24-23(18-9-12-20(38-2)21(15-18)39-3)26-29(40-25(24)28(33)36)32(30(37)41-26)16-22(34)31-13-5-4-6-14-31/h7-12,15,23-25H,4-6,13-14,16H2,1-3H3/t23-,24-,25+/m0/s1. The molecule has 214 valence electrons. The van der Waals surface area contributed by atoms with Crippen molar-refractivity contribution >= 4 is 46.5 Å². The third-order valence-electron chi connectivity index (χ3n) is 8.11. The molecule has 0 unspecified atom stereocenters. The molecule has 4 heterocycles. The van der Waals surface area contributed by atoms with Crippen molar-refractivity contribution in [2.45, 2.75) is 48.9 Å². The van der Waals surface area contributed by atoms with Crippen molar-refractivity contribution in [1.82, 2.24) is 9.47 Å². The van der Waals surface area contributed by atoms with E-state index in [1.807, 2.05) is 30.0 Å². The minimum Gasteiger partial charge on any atom is -0.493 e. The number of ether oxygens (including phenoxy) is 2. The first-order chi connectivity index (χ1) is 19.8. The Morgan fingerprint density at radius 3 is 2.32 bits per heavy atom. The molecule has 1 aromatic heterocycles. The molecular weight excluding hydrogens is 562 g/mol. The molecule has 2 fully saturated rings. The molecule has 3 amide bonds. The Balaban J connectivity index is 1.46. The average molecular weight is 594 g/mol. The van der Waals surface area contributed by atoms with Gasteiger partial charge in [0.05, 0.1) is 30.9 Å². The quantitative estimate of drug-likeness (QED) is 0.398. The number of imide groups is 1. The zero-order valence-electron chi connectivity index (χ0n) is 23.1. The number of aromatic nitrogens is 1. The van der Waals surface area contributed by atoms with E-state index in [1.165, 1.54) is 28.3 Å². The molecule has 3 aliphatic rings. The summed E-state index contributed by atoms with van der Waals surface area (Å²) in [5.41, 5.74) is 2.28. The van der Waals surface area contributed by atoms with E-state index in [2.05, 4.69) is 0 Å². The number of anilines is 1. The van der Waals surface area contributed by atoms with E-state index in [-0.39, 0.29) is 29.1 Å². The molecule has 3 aromatic rings. The number of fused-ring (bicyclic) bond motifs is 2. The summed E-state index contributed by atoms with van der Waals surface area (Å²) in [7, 11) is 3.09. The minimum atomic E-state index is -0.750. The number of aryl methyl sites for hydroxylation is 1. The summed E-state index contributed by atoms with van der Waals surface area (Å²) in [4.78, 5) is 58.1. The zero-order chi connectivity index (χ0) is 28.8. The number of amides is 3. The molecule has 3 aliphatic heterocycles. The zero-order valence-corrected chi connectivity index (χ0v) is 24.8. The Bertz CT molecular complexity index is 1570. The third-order valence-corrected chi connectivity index (χ3v) is 10.7. The Morgan fingerprint density at radius 1 is 0.927 bits per heavy atom. The number of thioether (sulfide) groups is 1. The number of likely N-dealkylation sites (tertiary alicyclic amines) is 1. The molecule has 2 aromatic carbocycles. The Hall–Kier alpha value is -3.57. The molecule has 9 nitrogen and oxygen atoms in total. The topological polar surface area (TPSA) is 98.1 Å². The number of carbonyl (C=O) groups excluding carboxylic acids is 3. The lowest BCUT2D eigenvalue weighted by atomic mass is 9.83. The van der Waals surface area contributed by atoms with E-state index in [0.29, 0.717) is 40.2 Å². The highest BCUT2D eigenvalue weighted by molar-refractivity contribution is 8.00. The van der Waals surface area contributed by atoms with Gasteiger partial charge in [-0.15, -0.1) is 0 Å². The Morgan fingerprint density at radius 2 is 1.63 bits per heavy atom. The number of hydrogen-bond donors (Lipinski definition) is 0. The number of benzene rings is 2. The van der Waals surface area contributed by atoms with Crippen molar-refractivity contribution in [1.29, 1.82) is 0 Å². The Labute approximate surface area is 246 Å². The van der Waals surface area contributed by atoms with Gasteiger partial charge in [-0.3, -0.25) is 23.7 Å². The summed E-state index contributed by atoms with van der Waals surface area (Å²) in [5, 5.41) is -0.168. The molecule has 3 atom stereocenters. The molecule has 0 radical (unpaired) electrons. The average Bonchev–Trinajstić information content (AvgIpc) is 3.43. The van der Waals surface area contributed by atoms with E-state index < -0.39 is 17.1 Å². The molecule has 6 rings (SSSR count). The number of thiazole rings is 1. The lowest BCUT2D eigenvalue weighted by molar-refractivity contribution is -0.133. The normalized spacial score (nSPS) is 22.0. The van der Waals surface area contributed by atoms with Gasteiger partial charge in [-0.25, -0.2) is 4.90 Å². The molecule has 0 bridgehead atoms. The summed E-state index contributed by atoms with van der Waals surface area (Å²) in [6.07, 6.45) is 3.00. The smallest absolute Gasteiger partial charge is 0.308 e. The minimum absolute atomic E-state index is 0.0858. The van der Waals surface area contributed by atoms with E-state index in [0.717, 1.165) is 41.7 Å². The monoisotopic (exact) mass is 593 g/mol. The highest BCUT2D eigenvalue weighted by atomic mass is 32.2. The second-order valence-electron chi connectivity index (χ2n) is 10.6. The largest absolute Gasteiger partial charge is 0.493 e. The van der Waals surface area contributed by atoms with Crippen LogP contribution in [0.4, 0.5) is 5.69 Å². The SMILES string of the molecule is COc1ccc([C@@H]2c3sc(=O)n(CC(=O)N4CCCCC4)c3S[C@H]3C(=O)N(c4ccc(C)cc4)C(=O)[C@@H]23)cc1OC. The maximum Gasteiger partial charge on any atom is 0.308 e. The molecule has 41 heavy (non-hydrogen) atoms. The fourth-order valence-corrected chi connectivity index (χ4v) is 8.76. The van der Waals surface area contributed by atoms with Crippen LogP contribution in [0.5, 0.6) is 11.5 Å². The van der Waals surface area contributed by atoms with Crippen molar-refractivity contribution in [3.63, 3.8) is 0 Å². The van der Waals surface area contributed by atoms with E-state index >= 15 is 0 Å². The maximum absolute atomic E-state index is 14.1. The summed E-state index contributed by atoms with van der Waals surface area (Å²) in [6.45, 7) is 3.23. The lowest BCUT2D eigenvalue weighted by Crippen LogP contribution is -2.39. The van der Waals surface area contributed by atoms with Gasteiger partial charge in [-0.05, 0) is 56.0 Å². The lowest BCUT2D eigenvalue weighted by Gasteiger charge is -2.31. The molecule has 11 heteroatoms. The van der Waals surface area contributed by atoms with Gasteiger partial charge in [0, 0.05) is 23.9 Å². The first-order valence-electron chi connectivity index (χ1n) is 13.7. The fraction of sp³-hybridized carbons (Fsp3) is 0.400. The van der Waals surface area contributed by atoms with Gasteiger partial charge >= 0.3 is 4.87 Å². The predicted octanol–water partition coefficient (Wildman–Crippen LogP) is 4.04. The number of rotatable bonds is 6. The first-order valence-corrected chi connectivity index (χ1v) is 15.4. The summed E-state index contributed by atoms with van der Waals surface area (Å²) >= 11 is 2.27. The second kappa shape index (κ2) is 11.0. The van der Waals surface area contributed by atoms with Gasteiger partial charge in [-0.1, -0.05) is 46.9 Å². The van der Waals surface area contributed by atoms with Gasteiger partial charge in [0.25, 0.3) is 0 Å². The molecule has 0 spiro atoms. The van der Waals surface area contributed by atoms with E-state index in [9.17, 15) is 19.2 Å². The van der Waals surface area contributed by atoms with Gasteiger partial charge in [0.2, 0.25) is 17.7 Å². The van der Waals surface area contributed by atoms with Crippen LogP contribution in [0.15, 0.2) is 52.3 Å². The molecule has 0 N–H and O–H groups in total. The number of methoxy groups -OCH3 is 2. The summed E-state index contributed by atoms with van der Waals surface area (Å²) in [5.74, 6) is -1.02. The summed E-state index contributed by atoms with van der Waals surface area (Å²) in [6, 6.07) is 12.7. The van der Waals surface area contributed by atoms with Crippen LogP contribution >= 0.6 is 23.1 Å². The van der Waals surface area contributed by atoms with Crippen molar-refractivity contribution < 1.29 is 23.9 Å². The molecule has 0 saturated carbocycles. The number of carbonyl (C=O) groups is 3. The Kier molecular flexibility index (Phi) is 7.41. The number of hydrogen-bond acceptors (Lipinski definition) is 8. The number of nitrogens with zero attached hydrogens (tertiary/aromatic N) is 3. The molecular formula is C30H31N3O6S2. The van der Waals surface area contributed by atoms with Crippen molar-refractivity contribution in [3.8, 4) is 11.5 Å². The maximum atomic E-state index is 14.1. The van der Waals surface area contributed by atoms with Crippen LogP contribution in [0.2, 0.25) is 0 Å². The van der Waals surface area contributed by atoms with Crippen molar-refractivity contribution in [2.75, 3.05) is 32.2 Å². The van der Waals surface area contributed by atoms with Gasteiger partial charge < -0.3 is 14.4 Å². The van der Waals surface area contributed by atoms with Crippen LogP contribution in [0.3, 0.4) is 0 Å². The van der Waals surface area contributed by atoms with Gasteiger partial charge in [0.15, 0.2) is 11.5 Å². The van der Waals surface area contributed by atoms with Crippen LogP contribution in [0.25, 0.3) is 0 Å². The van der Waals surface area contributed by atoms with Crippen LogP contribution in [0.1, 0.15) is 41.2 Å². The van der Waals surface area contributed by atoms with Crippen LogP contribution in [-0.4, -0.2) is 59.7 Å². The van der Waals surface area contributed by atoms with Gasteiger partial charge in [0.1, 0.15) is 11.8 Å². The third kappa shape index (κ3) is 4.74. The van der Waals surface area contributed by atoms with E-state index in [4.69, 9.17) is 9.47 Å². The highest BCUT2D eigenvalue weighted by Gasteiger charge is 2.57. The second-order valence-corrected chi connectivity index (χ2v) is 12.7. The van der Waals surface area contributed by atoms with Gasteiger partial charge in [-0.2, -0.15) is 0 Å². The van der Waals surface area contributed by atoms with Crippen molar-refractivity contribution in [2.24, 2.45) is 5.92 Å². The van der Waals surface area contributed by atoms with E-state index in [1.54, 1.807) is 31.4 Å². The van der Waals surface area contributed by atoms with Crippen molar-refractivity contribution in [3.05, 3.63) is 68.1 Å². The highest BCUT2D eigenvalue weighted by Crippen LogP contribution is 2.54. The summed E-state index contributed by atoms with van der Waals surface area (Å²) < 4.78 is 12.5. The first kappa shape index (κ1) is 27.6. The number of piperidine rings is 1. The fourth-order valence-electron chi connectivity index (χ4n) is 5.99. The van der Waals surface area contributed by atoms with Crippen LogP contribution in [-0.2, 0) is 20.9 Å².